The second kappa shape index (κ2) is 4.72. The fourth-order valence-electron chi connectivity index (χ4n) is 3.30. The van der Waals surface area contributed by atoms with E-state index in [1.165, 1.54) is 51.7 Å². The zero-order valence-electron chi connectivity index (χ0n) is 9.99. The highest BCUT2D eigenvalue weighted by Gasteiger charge is 2.31. The lowest BCUT2D eigenvalue weighted by Crippen LogP contribution is -2.34. The number of rotatable bonds is 2. The maximum Gasteiger partial charge on any atom is 0.0298 e. The molecule has 0 aromatic carbocycles. The maximum absolute atomic E-state index is 3.71. The van der Waals surface area contributed by atoms with Crippen LogP contribution >= 0.6 is 0 Å². The van der Waals surface area contributed by atoms with Gasteiger partial charge in [0.15, 0.2) is 0 Å². The standard InChI is InChI=1S/C14H22N2/c1-2-6-12(7-3-1)14-10-13(11-15-14)16-8-4-5-9-16/h1-2,6,13-15H,3-5,7-11H2. The summed E-state index contributed by atoms with van der Waals surface area (Å²) in [4.78, 5) is 2.69. The van der Waals surface area contributed by atoms with Crippen molar-refractivity contribution in [3.05, 3.63) is 23.8 Å². The van der Waals surface area contributed by atoms with Crippen LogP contribution in [0.15, 0.2) is 23.8 Å². The summed E-state index contributed by atoms with van der Waals surface area (Å²) >= 11 is 0. The third-order valence-corrected chi connectivity index (χ3v) is 4.26. The van der Waals surface area contributed by atoms with Crippen LogP contribution in [0.25, 0.3) is 0 Å². The number of allylic oxidation sites excluding steroid dienone is 3. The van der Waals surface area contributed by atoms with E-state index in [2.05, 4.69) is 28.4 Å². The van der Waals surface area contributed by atoms with Crippen molar-refractivity contribution in [2.75, 3.05) is 19.6 Å². The van der Waals surface area contributed by atoms with Gasteiger partial charge in [-0.25, -0.2) is 0 Å². The number of likely N-dealkylation sites (tertiary alicyclic amines) is 1. The van der Waals surface area contributed by atoms with E-state index in [1.807, 2.05) is 0 Å². The largest absolute Gasteiger partial charge is 0.309 e. The van der Waals surface area contributed by atoms with Crippen LogP contribution < -0.4 is 5.32 Å². The van der Waals surface area contributed by atoms with Gasteiger partial charge in [0.05, 0.1) is 0 Å². The first-order valence-electron chi connectivity index (χ1n) is 6.76. The van der Waals surface area contributed by atoms with Crippen LogP contribution in [0.1, 0.15) is 32.1 Å². The molecule has 0 aromatic heterocycles. The van der Waals surface area contributed by atoms with Crippen molar-refractivity contribution in [3.8, 4) is 0 Å². The van der Waals surface area contributed by atoms with Gasteiger partial charge in [-0.15, -0.1) is 0 Å². The Morgan fingerprint density at radius 2 is 2.12 bits per heavy atom. The third kappa shape index (κ3) is 2.09. The van der Waals surface area contributed by atoms with E-state index in [4.69, 9.17) is 0 Å². The van der Waals surface area contributed by atoms with Crippen LogP contribution in [0.4, 0.5) is 0 Å². The number of hydrogen-bond acceptors (Lipinski definition) is 2. The van der Waals surface area contributed by atoms with Gasteiger partial charge < -0.3 is 5.32 Å². The smallest absolute Gasteiger partial charge is 0.0298 e. The van der Waals surface area contributed by atoms with Crippen molar-refractivity contribution in [1.29, 1.82) is 0 Å². The Morgan fingerprint density at radius 1 is 1.25 bits per heavy atom. The number of hydrogen-bond donors (Lipinski definition) is 1. The lowest BCUT2D eigenvalue weighted by molar-refractivity contribution is 0.256. The molecule has 16 heavy (non-hydrogen) atoms. The van der Waals surface area contributed by atoms with Crippen molar-refractivity contribution in [2.45, 2.75) is 44.2 Å². The first-order chi connectivity index (χ1) is 7.93. The fourth-order valence-corrected chi connectivity index (χ4v) is 3.30. The summed E-state index contributed by atoms with van der Waals surface area (Å²) in [6.45, 7) is 3.86. The summed E-state index contributed by atoms with van der Waals surface area (Å²) in [5.41, 5.74) is 1.63. The minimum atomic E-state index is 0.663. The second-order valence-electron chi connectivity index (χ2n) is 5.30. The molecule has 2 heteroatoms. The molecule has 1 aliphatic carbocycles. The molecule has 2 saturated heterocycles. The van der Waals surface area contributed by atoms with Crippen LogP contribution in [-0.4, -0.2) is 36.6 Å². The summed E-state index contributed by atoms with van der Waals surface area (Å²) in [6.07, 6.45) is 13.5. The summed E-state index contributed by atoms with van der Waals surface area (Å²) in [6, 6.07) is 1.47. The molecule has 0 spiro atoms. The van der Waals surface area contributed by atoms with E-state index >= 15 is 0 Å². The van der Waals surface area contributed by atoms with Crippen molar-refractivity contribution >= 4 is 0 Å². The average molecular weight is 218 g/mol. The molecule has 2 unspecified atom stereocenters. The van der Waals surface area contributed by atoms with Gasteiger partial charge in [-0.05, 0) is 45.2 Å². The maximum atomic E-state index is 3.71. The molecule has 88 valence electrons. The van der Waals surface area contributed by atoms with Gasteiger partial charge in [0.25, 0.3) is 0 Å². The highest BCUT2D eigenvalue weighted by molar-refractivity contribution is 5.24. The monoisotopic (exact) mass is 218 g/mol. The van der Waals surface area contributed by atoms with Crippen molar-refractivity contribution in [2.24, 2.45) is 0 Å². The third-order valence-electron chi connectivity index (χ3n) is 4.26. The molecular weight excluding hydrogens is 196 g/mol. The van der Waals surface area contributed by atoms with Crippen molar-refractivity contribution < 1.29 is 0 Å². The van der Waals surface area contributed by atoms with Gasteiger partial charge in [-0.3, -0.25) is 4.90 Å². The molecule has 2 heterocycles. The average Bonchev–Trinajstić information content (AvgIpc) is 3.01. The molecule has 2 atom stereocenters. The second-order valence-corrected chi connectivity index (χ2v) is 5.30. The predicted octanol–water partition coefficient (Wildman–Crippen LogP) is 2.09. The molecule has 0 radical (unpaired) electrons. The molecule has 0 amide bonds. The van der Waals surface area contributed by atoms with E-state index < -0.39 is 0 Å². The zero-order chi connectivity index (χ0) is 10.8. The predicted molar refractivity (Wildman–Crippen MR) is 67.5 cm³/mol. The van der Waals surface area contributed by atoms with Gasteiger partial charge >= 0.3 is 0 Å². The van der Waals surface area contributed by atoms with Gasteiger partial charge in [0.2, 0.25) is 0 Å². The Balaban J connectivity index is 1.59. The number of nitrogens with one attached hydrogen (secondary N) is 1. The Kier molecular flexibility index (Phi) is 3.11. The van der Waals surface area contributed by atoms with Gasteiger partial charge in [0.1, 0.15) is 0 Å². The molecule has 3 aliphatic rings. The Labute approximate surface area is 98.4 Å². The van der Waals surface area contributed by atoms with Crippen LogP contribution in [-0.2, 0) is 0 Å². The van der Waals surface area contributed by atoms with Crippen LogP contribution in [0.2, 0.25) is 0 Å². The van der Waals surface area contributed by atoms with E-state index in [0.29, 0.717) is 6.04 Å². The minimum absolute atomic E-state index is 0.663. The molecule has 0 aromatic rings. The van der Waals surface area contributed by atoms with Crippen molar-refractivity contribution in [3.63, 3.8) is 0 Å². The highest BCUT2D eigenvalue weighted by Crippen LogP contribution is 2.25. The molecule has 3 rings (SSSR count). The summed E-state index contributed by atoms with van der Waals surface area (Å²) in [5.74, 6) is 0. The van der Waals surface area contributed by atoms with E-state index in [1.54, 1.807) is 5.57 Å². The van der Waals surface area contributed by atoms with E-state index in [0.717, 1.165) is 6.04 Å². The first-order valence-corrected chi connectivity index (χ1v) is 6.76. The highest BCUT2D eigenvalue weighted by atomic mass is 15.2. The fraction of sp³-hybridized carbons (Fsp3) is 0.714. The Hall–Kier alpha value is -0.600. The summed E-state index contributed by atoms with van der Waals surface area (Å²) in [7, 11) is 0. The van der Waals surface area contributed by atoms with Crippen LogP contribution in [0.5, 0.6) is 0 Å². The number of nitrogens with zero attached hydrogens (tertiary/aromatic N) is 1. The van der Waals surface area contributed by atoms with Gasteiger partial charge in [-0.1, -0.05) is 23.8 Å². The van der Waals surface area contributed by atoms with E-state index in [-0.39, 0.29) is 0 Å². The Morgan fingerprint density at radius 3 is 2.88 bits per heavy atom. The molecular formula is C14H22N2. The summed E-state index contributed by atoms with van der Waals surface area (Å²) in [5, 5.41) is 3.71. The molecule has 2 aliphatic heterocycles. The minimum Gasteiger partial charge on any atom is -0.309 e. The van der Waals surface area contributed by atoms with E-state index in [9.17, 15) is 0 Å². The molecule has 0 bridgehead atoms. The summed E-state index contributed by atoms with van der Waals surface area (Å²) < 4.78 is 0. The molecule has 2 fully saturated rings. The molecule has 1 N–H and O–H groups in total. The van der Waals surface area contributed by atoms with Crippen LogP contribution in [0.3, 0.4) is 0 Å². The lowest BCUT2D eigenvalue weighted by Gasteiger charge is -2.23. The first kappa shape index (κ1) is 10.5. The molecule has 0 saturated carbocycles. The van der Waals surface area contributed by atoms with Gasteiger partial charge in [0, 0.05) is 18.6 Å². The normalized spacial score (nSPS) is 35.6. The lowest BCUT2D eigenvalue weighted by atomic mass is 9.96. The SMILES string of the molecule is C1=CCCC(C2CC(N3CCCC3)CN2)=C1. The van der Waals surface area contributed by atoms with Crippen LogP contribution in [0, 0.1) is 0 Å². The quantitative estimate of drug-likeness (QED) is 0.763. The van der Waals surface area contributed by atoms with Gasteiger partial charge in [-0.2, -0.15) is 0 Å². The van der Waals surface area contributed by atoms with Crippen molar-refractivity contribution in [1.82, 2.24) is 10.2 Å². The zero-order valence-corrected chi connectivity index (χ0v) is 9.99. The molecule has 2 nitrogen and oxygen atoms in total. The topological polar surface area (TPSA) is 15.3 Å². The Bertz CT molecular complexity index is 300.